The summed E-state index contributed by atoms with van der Waals surface area (Å²) in [7, 11) is 3.10. The van der Waals surface area contributed by atoms with Crippen LogP contribution in [0.4, 0.5) is 0 Å². The lowest BCUT2D eigenvalue weighted by Crippen LogP contribution is -2.19. The van der Waals surface area contributed by atoms with Crippen LogP contribution in [0.1, 0.15) is 57.6 Å². The first kappa shape index (κ1) is 30.4. The number of ketones is 2. The van der Waals surface area contributed by atoms with E-state index >= 15 is 0 Å². The number of rotatable bonds is 15. The fraction of sp³-hybridized carbons (Fsp3) is 0.379. The van der Waals surface area contributed by atoms with Gasteiger partial charge >= 0.3 is 5.97 Å². The van der Waals surface area contributed by atoms with Crippen molar-refractivity contribution < 1.29 is 43.9 Å². The maximum Gasteiger partial charge on any atom is 0.303 e. The molecule has 41 heavy (non-hydrogen) atoms. The number of thiophene rings is 2. The van der Waals surface area contributed by atoms with E-state index in [1.807, 2.05) is 18.2 Å². The van der Waals surface area contributed by atoms with Crippen molar-refractivity contribution in [1.82, 2.24) is 4.98 Å². The number of Topliss-reactive ketones (excluding diaryl/α,β-unsaturated/α-hetero) is 2. The maximum absolute atomic E-state index is 12.6. The zero-order valence-corrected chi connectivity index (χ0v) is 24.5. The van der Waals surface area contributed by atoms with Crippen LogP contribution in [-0.4, -0.2) is 65.0 Å². The molecule has 4 rings (SSSR count). The number of hydrogen-bond donors (Lipinski definition) is 3. The predicted molar refractivity (Wildman–Crippen MR) is 156 cm³/mol. The van der Waals surface area contributed by atoms with E-state index in [0.717, 1.165) is 20.5 Å². The first-order chi connectivity index (χ1) is 19.6. The molecule has 0 spiro atoms. The van der Waals surface area contributed by atoms with Crippen molar-refractivity contribution >= 4 is 60.5 Å². The molecule has 0 amide bonds. The van der Waals surface area contributed by atoms with Crippen LogP contribution in [0.25, 0.3) is 20.3 Å². The molecule has 4 aromatic rings. The number of aromatic nitrogens is 1. The summed E-state index contributed by atoms with van der Waals surface area (Å²) >= 11 is 2.59. The largest absolute Gasteiger partial charge is 0.495 e. The van der Waals surface area contributed by atoms with Gasteiger partial charge in [-0.05, 0) is 36.4 Å². The number of aryl methyl sites for hydroxylation is 1. The molecule has 0 radical (unpaired) electrons. The van der Waals surface area contributed by atoms with E-state index in [1.165, 1.54) is 22.7 Å². The Balaban J connectivity index is 1.42. The Morgan fingerprint density at radius 1 is 0.878 bits per heavy atom. The zero-order chi connectivity index (χ0) is 29.7. The molecular formula is C29H31NO9S2. The lowest BCUT2D eigenvalue weighted by molar-refractivity contribution is -0.136. The second-order valence-electron chi connectivity index (χ2n) is 9.57. The Labute approximate surface area is 244 Å². The molecule has 3 aromatic heterocycles. The summed E-state index contributed by atoms with van der Waals surface area (Å²) in [6.45, 7) is 1.97. The van der Waals surface area contributed by atoms with Gasteiger partial charge in [-0.2, -0.15) is 0 Å². The number of carbonyl (C=O) groups excluding carboxylic acids is 2. The summed E-state index contributed by atoms with van der Waals surface area (Å²) < 4.78 is 18.7. The van der Waals surface area contributed by atoms with Crippen LogP contribution in [0.15, 0.2) is 30.3 Å². The van der Waals surface area contributed by atoms with E-state index < -0.39 is 18.2 Å². The molecule has 12 heteroatoms. The number of carboxylic acids is 1. The quantitative estimate of drug-likeness (QED) is 0.0952. The maximum atomic E-state index is 12.6. The molecule has 0 aliphatic heterocycles. The van der Waals surface area contributed by atoms with Gasteiger partial charge < -0.3 is 29.5 Å². The molecule has 10 nitrogen and oxygen atoms in total. The van der Waals surface area contributed by atoms with Crippen molar-refractivity contribution in [3.05, 3.63) is 45.8 Å². The number of aliphatic hydroxyl groups is 2. The standard InChI is InChI=1S/C29H31NO9S2/c1-15(29(35)36)9-20(32)26-11-16-10-23(22(38-3)14-24(16)40-26)39-8-4-5-17-21(37-2)13-25-18(30-17)12-27(41-25)19(31)6-7-28(33)34/h10-15,29,35-36H,4-9H2,1-3H3,(H,33,34)/t15-/m0/s1. The molecule has 0 bridgehead atoms. The molecule has 0 aliphatic rings. The normalized spacial score (nSPS) is 12.1. The summed E-state index contributed by atoms with van der Waals surface area (Å²) in [6, 6.07) is 8.95. The van der Waals surface area contributed by atoms with Gasteiger partial charge in [-0.25, -0.2) is 4.98 Å². The minimum Gasteiger partial charge on any atom is -0.495 e. The van der Waals surface area contributed by atoms with Crippen LogP contribution < -0.4 is 14.2 Å². The Morgan fingerprint density at radius 2 is 1.56 bits per heavy atom. The molecular weight excluding hydrogens is 570 g/mol. The molecule has 218 valence electrons. The van der Waals surface area contributed by atoms with Crippen molar-refractivity contribution in [3.63, 3.8) is 0 Å². The SMILES string of the molecule is COc1cc2sc(C(=O)C[C@H](C)C(O)O)cc2cc1OCCCc1nc2cc(C(=O)CCC(=O)O)sc2cc1OC. The first-order valence-electron chi connectivity index (χ1n) is 13.0. The first-order valence-corrected chi connectivity index (χ1v) is 14.6. The fourth-order valence-corrected chi connectivity index (χ4v) is 6.22. The van der Waals surface area contributed by atoms with Crippen molar-refractivity contribution in [2.24, 2.45) is 5.92 Å². The Morgan fingerprint density at radius 3 is 2.24 bits per heavy atom. The molecule has 0 aliphatic carbocycles. The number of nitrogens with zero attached hydrogens (tertiary/aromatic N) is 1. The second-order valence-corrected chi connectivity index (χ2v) is 11.7. The minimum absolute atomic E-state index is 0.0298. The molecule has 1 atom stereocenters. The smallest absolute Gasteiger partial charge is 0.303 e. The molecule has 3 N–H and O–H groups in total. The highest BCUT2D eigenvalue weighted by Crippen LogP contribution is 2.37. The van der Waals surface area contributed by atoms with Gasteiger partial charge in [-0.15, -0.1) is 22.7 Å². The second kappa shape index (κ2) is 13.4. The molecule has 3 heterocycles. The number of ether oxygens (including phenoxy) is 3. The molecule has 0 saturated carbocycles. The third-order valence-electron chi connectivity index (χ3n) is 6.51. The number of pyridine rings is 1. The van der Waals surface area contributed by atoms with Gasteiger partial charge in [0.25, 0.3) is 0 Å². The summed E-state index contributed by atoms with van der Waals surface area (Å²) in [6.07, 6.45) is -0.634. The van der Waals surface area contributed by atoms with E-state index in [2.05, 4.69) is 4.98 Å². The lowest BCUT2D eigenvalue weighted by atomic mass is 10.0. The Hall–Kier alpha value is -3.58. The number of hydrogen-bond acceptors (Lipinski definition) is 11. The van der Waals surface area contributed by atoms with E-state index in [-0.39, 0.29) is 30.8 Å². The van der Waals surface area contributed by atoms with Crippen LogP contribution in [-0.2, 0) is 11.2 Å². The number of carbonyl (C=O) groups is 3. The predicted octanol–water partition coefficient (Wildman–Crippen LogP) is 5.11. The van der Waals surface area contributed by atoms with Gasteiger partial charge in [0.15, 0.2) is 29.4 Å². The number of carboxylic acid groups (broad SMARTS) is 1. The van der Waals surface area contributed by atoms with E-state index in [4.69, 9.17) is 19.3 Å². The van der Waals surface area contributed by atoms with Crippen molar-refractivity contribution in [3.8, 4) is 17.2 Å². The van der Waals surface area contributed by atoms with Crippen molar-refractivity contribution in [2.45, 2.75) is 45.3 Å². The van der Waals surface area contributed by atoms with Crippen LogP contribution in [0.3, 0.4) is 0 Å². The van der Waals surface area contributed by atoms with Gasteiger partial charge in [0, 0.05) is 35.6 Å². The van der Waals surface area contributed by atoms with Gasteiger partial charge in [-0.3, -0.25) is 14.4 Å². The van der Waals surface area contributed by atoms with E-state index in [0.29, 0.717) is 52.0 Å². The van der Waals surface area contributed by atoms with Gasteiger partial charge in [0.1, 0.15) is 5.75 Å². The van der Waals surface area contributed by atoms with Crippen LogP contribution in [0, 0.1) is 5.92 Å². The van der Waals surface area contributed by atoms with Gasteiger partial charge in [0.05, 0.1) is 52.9 Å². The minimum atomic E-state index is -1.55. The number of benzene rings is 1. The summed E-state index contributed by atoms with van der Waals surface area (Å²) in [5.41, 5.74) is 1.37. The number of methoxy groups -OCH3 is 2. The van der Waals surface area contributed by atoms with E-state index in [1.54, 1.807) is 33.3 Å². The Kier molecular flexibility index (Phi) is 9.92. The molecule has 1 aromatic carbocycles. The highest BCUT2D eigenvalue weighted by atomic mass is 32.1. The Bertz CT molecular complexity index is 1570. The summed E-state index contributed by atoms with van der Waals surface area (Å²) in [4.78, 5) is 41.5. The van der Waals surface area contributed by atoms with Gasteiger partial charge in [0.2, 0.25) is 0 Å². The summed E-state index contributed by atoms with van der Waals surface area (Å²) in [5.74, 6) is -0.294. The third-order valence-corrected chi connectivity index (χ3v) is 8.76. The van der Waals surface area contributed by atoms with Crippen LogP contribution >= 0.6 is 22.7 Å². The molecule has 0 saturated heterocycles. The average Bonchev–Trinajstić information content (AvgIpc) is 3.56. The summed E-state index contributed by atoms with van der Waals surface area (Å²) in [5, 5.41) is 28.3. The lowest BCUT2D eigenvalue weighted by Gasteiger charge is -2.12. The fourth-order valence-electron chi connectivity index (χ4n) is 4.20. The van der Waals surface area contributed by atoms with Crippen LogP contribution in [0.5, 0.6) is 17.2 Å². The monoisotopic (exact) mass is 601 g/mol. The molecule has 0 unspecified atom stereocenters. The number of fused-ring (bicyclic) bond motifs is 2. The van der Waals surface area contributed by atoms with Gasteiger partial charge in [-0.1, -0.05) is 6.92 Å². The highest BCUT2D eigenvalue weighted by Gasteiger charge is 2.20. The number of aliphatic hydroxyl groups excluding tert-OH is 1. The highest BCUT2D eigenvalue weighted by molar-refractivity contribution is 7.21. The van der Waals surface area contributed by atoms with Crippen molar-refractivity contribution in [2.75, 3.05) is 20.8 Å². The average molecular weight is 602 g/mol. The zero-order valence-electron chi connectivity index (χ0n) is 22.8. The number of aliphatic carboxylic acids is 1. The van der Waals surface area contributed by atoms with E-state index in [9.17, 15) is 24.6 Å². The third kappa shape index (κ3) is 7.39. The van der Waals surface area contributed by atoms with Crippen molar-refractivity contribution in [1.29, 1.82) is 0 Å². The molecule has 0 fully saturated rings. The topological polar surface area (TPSA) is 152 Å². The van der Waals surface area contributed by atoms with Crippen LogP contribution in [0.2, 0.25) is 0 Å².